The van der Waals surface area contributed by atoms with Gasteiger partial charge in [-0.25, -0.2) is 0 Å². The van der Waals surface area contributed by atoms with E-state index in [2.05, 4.69) is 26.6 Å². The zero-order valence-corrected chi connectivity index (χ0v) is 13.3. The third kappa shape index (κ3) is 3.81. The van der Waals surface area contributed by atoms with Gasteiger partial charge in [0.15, 0.2) is 0 Å². The Balaban J connectivity index is 1.87. The summed E-state index contributed by atoms with van der Waals surface area (Å²) in [6.45, 7) is 2.31. The van der Waals surface area contributed by atoms with Crippen LogP contribution in [0.15, 0.2) is 22.7 Å². The summed E-state index contributed by atoms with van der Waals surface area (Å²) in [5.41, 5.74) is 1.62. The summed E-state index contributed by atoms with van der Waals surface area (Å²) in [7, 11) is 0. The third-order valence-corrected chi connectivity index (χ3v) is 4.82. The van der Waals surface area contributed by atoms with Crippen LogP contribution >= 0.6 is 15.9 Å². The summed E-state index contributed by atoms with van der Waals surface area (Å²) in [6, 6.07) is 5.72. The molecule has 1 aliphatic rings. The van der Waals surface area contributed by atoms with Gasteiger partial charge < -0.3 is 15.7 Å². The predicted octanol–water partition coefficient (Wildman–Crippen LogP) is 2.59. The van der Waals surface area contributed by atoms with Crippen LogP contribution in [0.4, 0.5) is 5.69 Å². The normalized spacial score (nSPS) is 17.1. The van der Waals surface area contributed by atoms with Crippen molar-refractivity contribution in [2.24, 2.45) is 0 Å². The standard InChI is InChI=1S/C15H21BrN2O2/c1-11-8-12(4-5-13(11)16)18-14(20)9-17-15(10-19)6-2-3-7-15/h4-5,8,17,19H,2-3,6-7,9-10H2,1H3,(H,18,20). The lowest BCUT2D eigenvalue weighted by Gasteiger charge is -2.27. The maximum atomic E-state index is 12.0. The number of hydrogen-bond donors (Lipinski definition) is 3. The van der Waals surface area contributed by atoms with Crippen molar-refractivity contribution in [1.29, 1.82) is 0 Å². The third-order valence-electron chi connectivity index (χ3n) is 3.93. The van der Waals surface area contributed by atoms with E-state index in [0.717, 1.165) is 41.4 Å². The van der Waals surface area contributed by atoms with E-state index >= 15 is 0 Å². The fourth-order valence-corrected chi connectivity index (χ4v) is 2.88. The molecule has 0 bridgehead atoms. The van der Waals surface area contributed by atoms with Gasteiger partial charge in [-0.05, 0) is 43.5 Å². The Morgan fingerprint density at radius 2 is 2.10 bits per heavy atom. The van der Waals surface area contributed by atoms with Crippen LogP contribution in [0.5, 0.6) is 0 Å². The first-order chi connectivity index (χ1) is 9.54. The Morgan fingerprint density at radius 3 is 2.70 bits per heavy atom. The zero-order valence-electron chi connectivity index (χ0n) is 11.7. The molecule has 0 atom stereocenters. The highest BCUT2D eigenvalue weighted by Gasteiger charge is 2.32. The van der Waals surface area contributed by atoms with Crippen molar-refractivity contribution >= 4 is 27.5 Å². The highest BCUT2D eigenvalue weighted by molar-refractivity contribution is 9.10. The van der Waals surface area contributed by atoms with Crippen molar-refractivity contribution < 1.29 is 9.90 Å². The lowest BCUT2D eigenvalue weighted by atomic mass is 9.99. The van der Waals surface area contributed by atoms with E-state index in [9.17, 15) is 9.90 Å². The first-order valence-electron chi connectivity index (χ1n) is 6.97. The van der Waals surface area contributed by atoms with Crippen LogP contribution in [0.2, 0.25) is 0 Å². The second kappa shape index (κ2) is 6.70. The minimum Gasteiger partial charge on any atom is -0.394 e. The van der Waals surface area contributed by atoms with Crippen LogP contribution in [0, 0.1) is 6.92 Å². The molecule has 20 heavy (non-hydrogen) atoms. The number of aliphatic hydroxyl groups excluding tert-OH is 1. The van der Waals surface area contributed by atoms with Gasteiger partial charge >= 0.3 is 0 Å². The smallest absolute Gasteiger partial charge is 0.238 e. The van der Waals surface area contributed by atoms with Gasteiger partial charge in [0.2, 0.25) is 5.91 Å². The van der Waals surface area contributed by atoms with Gasteiger partial charge in [0, 0.05) is 15.7 Å². The number of carbonyl (C=O) groups is 1. The zero-order chi connectivity index (χ0) is 14.6. The molecule has 3 N–H and O–H groups in total. The molecule has 1 aromatic rings. The molecular weight excluding hydrogens is 320 g/mol. The SMILES string of the molecule is Cc1cc(NC(=O)CNC2(CO)CCCC2)ccc1Br. The van der Waals surface area contributed by atoms with Gasteiger partial charge in [-0.15, -0.1) is 0 Å². The quantitative estimate of drug-likeness (QED) is 0.772. The van der Waals surface area contributed by atoms with E-state index < -0.39 is 0 Å². The van der Waals surface area contributed by atoms with E-state index in [4.69, 9.17) is 0 Å². The number of aryl methyl sites for hydroxylation is 1. The number of anilines is 1. The van der Waals surface area contributed by atoms with Gasteiger partial charge in [0.1, 0.15) is 0 Å². The van der Waals surface area contributed by atoms with Gasteiger partial charge in [0.05, 0.1) is 13.2 Å². The predicted molar refractivity (Wildman–Crippen MR) is 83.8 cm³/mol. The second-order valence-corrected chi connectivity index (χ2v) is 6.37. The molecule has 1 amide bonds. The molecule has 0 aliphatic heterocycles. The highest BCUT2D eigenvalue weighted by atomic mass is 79.9. The molecule has 0 heterocycles. The molecule has 0 spiro atoms. The Kier molecular flexibility index (Phi) is 5.18. The minimum atomic E-state index is -0.257. The monoisotopic (exact) mass is 340 g/mol. The first kappa shape index (κ1) is 15.5. The van der Waals surface area contributed by atoms with E-state index in [1.807, 2.05) is 25.1 Å². The number of benzene rings is 1. The molecule has 0 unspecified atom stereocenters. The van der Waals surface area contributed by atoms with Crippen molar-refractivity contribution in [2.75, 3.05) is 18.5 Å². The first-order valence-corrected chi connectivity index (χ1v) is 7.76. The Bertz CT molecular complexity index is 485. The summed E-state index contributed by atoms with van der Waals surface area (Å²) in [6.07, 6.45) is 4.10. The summed E-state index contributed by atoms with van der Waals surface area (Å²) in [4.78, 5) is 12.0. The van der Waals surface area contributed by atoms with Crippen LogP contribution < -0.4 is 10.6 Å². The topological polar surface area (TPSA) is 61.4 Å². The molecule has 5 heteroatoms. The molecule has 0 saturated heterocycles. The van der Waals surface area contributed by atoms with Crippen LogP contribution in [0.25, 0.3) is 0 Å². The average molecular weight is 341 g/mol. The number of rotatable bonds is 5. The fraction of sp³-hybridized carbons (Fsp3) is 0.533. The van der Waals surface area contributed by atoms with Crippen LogP contribution in [0.3, 0.4) is 0 Å². The van der Waals surface area contributed by atoms with Crippen molar-refractivity contribution in [3.05, 3.63) is 28.2 Å². The number of halogens is 1. The molecule has 2 rings (SSSR count). The largest absolute Gasteiger partial charge is 0.394 e. The summed E-state index contributed by atoms with van der Waals surface area (Å²) >= 11 is 3.43. The number of hydrogen-bond acceptors (Lipinski definition) is 3. The minimum absolute atomic E-state index is 0.0774. The molecule has 1 saturated carbocycles. The summed E-state index contributed by atoms with van der Waals surface area (Å²) < 4.78 is 1.03. The number of amides is 1. The van der Waals surface area contributed by atoms with E-state index in [1.165, 1.54) is 0 Å². The fourth-order valence-electron chi connectivity index (χ4n) is 2.64. The van der Waals surface area contributed by atoms with E-state index in [-0.39, 0.29) is 24.6 Å². The van der Waals surface area contributed by atoms with Gasteiger partial charge in [-0.2, -0.15) is 0 Å². The molecule has 1 aliphatic carbocycles. The molecule has 4 nitrogen and oxygen atoms in total. The molecule has 0 radical (unpaired) electrons. The summed E-state index contributed by atoms with van der Waals surface area (Å²) in [5, 5.41) is 15.6. The van der Waals surface area contributed by atoms with Crippen LogP contribution in [0.1, 0.15) is 31.2 Å². The Hall–Kier alpha value is -0.910. The Labute approximate surface area is 128 Å². The number of aliphatic hydroxyl groups is 1. The maximum absolute atomic E-state index is 12.0. The van der Waals surface area contributed by atoms with Crippen LogP contribution in [-0.2, 0) is 4.79 Å². The van der Waals surface area contributed by atoms with Crippen molar-refractivity contribution in [1.82, 2.24) is 5.32 Å². The van der Waals surface area contributed by atoms with Crippen molar-refractivity contribution in [3.8, 4) is 0 Å². The maximum Gasteiger partial charge on any atom is 0.238 e. The summed E-state index contributed by atoms with van der Waals surface area (Å²) in [5.74, 6) is -0.0774. The van der Waals surface area contributed by atoms with Gasteiger partial charge in [-0.3, -0.25) is 4.79 Å². The van der Waals surface area contributed by atoms with Gasteiger partial charge in [0.25, 0.3) is 0 Å². The molecular formula is C15H21BrN2O2. The lowest BCUT2D eigenvalue weighted by molar-refractivity contribution is -0.115. The molecule has 0 aromatic heterocycles. The molecule has 1 aromatic carbocycles. The average Bonchev–Trinajstić information content (AvgIpc) is 2.90. The highest BCUT2D eigenvalue weighted by Crippen LogP contribution is 2.28. The number of carbonyl (C=O) groups excluding carboxylic acids is 1. The Morgan fingerprint density at radius 1 is 1.40 bits per heavy atom. The molecule has 1 fully saturated rings. The molecule has 110 valence electrons. The van der Waals surface area contributed by atoms with Crippen molar-refractivity contribution in [3.63, 3.8) is 0 Å². The number of nitrogens with one attached hydrogen (secondary N) is 2. The van der Waals surface area contributed by atoms with Crippen molar-refractivity contribution in [2.45, 2.75) is 38.1 Å². The second-order valence-electron chi connectivity index (χ2n) is 5.51. The van der Waals surface area contributed by atoms with E-state index in [1.54, 1.807) is 0 Å². The lowest BCUT2D eigenvalue weighted by Crippen LogP contribution is -2.49. The van der Waals surface area contributed by atoms with Crippen LogP contribution in [-0.4, -0.2) is 29.7 Å². The van der Waals surface area contributed by atoms with E-state index in [0.29, 0.717) is 0 Å². The van der Waals surface area contributed by atoms with Gasteiger partial charge in [-0.1, -0.05) is 28.8 Å².